The van der Waals surface area contributed by atoms with Gasteiger partial charge in [-0.05, 0) is 12.8 Å². The second-order valence-corrected chi connectivity index (χ2v) is 18.4. The van der Waals surface area contributed by atoms with E-state index in [9.17, 15) is 23.8 Å². The van der Waals surface area contributed by atoms with Crippen molar-refractivity contribution in [2.45, 2.75) is 264 Å². The molecule has 11 nitrogen and oxygen atoms in total. The third-order valence-electron chi connectivity index (χ3n) is 11.1. The van der Waals surface area contributed by atoms with Crippen LogP contribution in [0.4, 0.5) is 0 Å². The fourth-order valence-electron chi connectivity index (χ4n) is 7.24. The monoisotopic (exact) mass is 862 g/mol. The average molecular weight is 862 g/mol. The smallest absolute Gasteiger partial charge is 0.472 e. The molecule has 0 saturated heterocycles. The first kappa shape index (κ1) is 57.5. The lowest BCUT2D eigenvalue weighted by molar-refractivity contribution is -0.161. The maximum absolute atomic E-state index is 12.7. The van der Waals surface area contributed by atoms with Crippen molar-refractivity contribution in [1.29, 1.82) is 0 Å². The number of phosphoric ester groups is 1. The normalized spacial score (nSPS) is 13.6. The Hall–Kier alpha value is -1.52. The number of nitrogens with two attached hydrogens (primary N) is 1. The molecule has 0 aromatic rings. The highest BCUT2D eigenvalue weighted by molar-refractivity contribution is 7.47. The highest BCUT2D eigenvalue weighted by atomic mass is 31.2. The van der Waals surface area contributed by atoms with Crippen LogP contribution in [0.3, 0.4) is 0 Å². The van der Waals surface area contributed by atoms with Crippen LogP contribution in [0.25, 0.3) is 0 Å². The molecule has 0 aliphatic heterocycles. The van der Waals surface area contributed by atoms with Gasteiger partial charge in [-0.1, -0.05) is 226 Å². The van der Waals surface area contributed by atoms with Gasteiger partial charge in [-0.15, -0.1) is 0 Å². The van der Waals surface area contributed by atoms with Gasteiger partial charge in [-0.25, -0.2) is 4.57 Å². The van der Waals surface area contributed by atoms with Gasteiger partial charge in [0.1, 0.15) is 12.6 Å². The first-order valence-electron chi connectivity index (χ1n) is 24.6. The number of unbranched alkanes of at least 4 members (excludes halogenated alkanes) is 33. The van der Waals surface area contributed by atoms with Gasteiger partial charge in [-0.3, -0.25) is 23.4 Å². The Morgan fingerprint density at radius 3 is 1.07 bits per heavy atom. The molecule has 0 radical (unpaired) electrons. The topological polar surface area (TPSA) is 172 Å². The van der Waals surface area contributed by atoms with Crippen molar-refractivity contribution in [3.8, 4) is 0 Å². The molecule has 0 rings (SSSR count). The van der Waals surface area contributed by atoms with Gasteiger partial charge in [0.15, 0.2) is 6.10 Å². The number of ether oxygens (including phenoxy) is 2. The van der Waals surface area contributed by atoms with Crippen molar-refractivity contribution in [3.63, 3.8) is 0 Å². The number of rotatable bonds is 47. The number of carboxylic acids is 1. The third kappa shape index (κ3) is 42.9. The summed E-state index contributed by atoms with van der Waals surface area (Å²) < 4.78 is 32.8. The minimum atomic E-state index is -4.71. The molecule has 3 unspecified atom stereocenters. The minimum absolute atomic E-state index is 0.170. The Morgan fingerprint density at radius 1 is 0.458 bits per heavy atom. The second-order valence-electron chi connectivity index (χ2n) is 17.0. The zero-order valence-electron chi connectivity index (χ0n) is 38.1. The predicted molar refractivity (Wildman–Crippen MR) is 240 cm³/mol. The summed E-state index contributed by atoms with van der Waals surface area (Å²) in [5, 5.41) is 8.91. The molecule has 0 aromatic heterocycles. The number of phosphoric acid groups is 1. The molecular weight excluding hydrogens is 769 g/mol. The average Bonchev–Trinajstić information content (AvgIpc) is 3.21. The maximum Gasteiger partial charge on any atom is 0.472 e. The number of hydrogen-bond donors (Lipinski definition) is 3. The summed E-state index contributed by atoms with van der Waals surface area (Å²) in [4.78, 5) is 46.1. The van der Waals surface area contributed by atoms with Crippen molar-refractivity contribution in [2.75, 3.05) is 19.8 Å². The van der Waals surface area contributed by atoms with Gasteiger partial charge in [0.05, 0.1) is 13.2 Å². The Morgan fingerprint density at radius 2 is 0.746 bits per heavy atom. The zero-order valence-corrected chi connectivity index (χ0v) is 39.0. The van der Waals surface area contributed by atoms with Crippen molar-refractivity contribution < 1.29 is 47.5 Å². The number of carbonyl (C=O) groups excluding carboxylic acids is 2. The van der Waals surface area contributed by atoms with Crippen LogP contribution in [0.2, 0.25) is 0 Å². The lowest BCUT2D eigenvalue weighted by Crippen LogP contribution is -2.34. The van der Waals surface area contributed by atoms with Crippen LogP contribution in [0.1, 0.15) is 251 Å². The third-order valence-corrected chi connectivity index (χ3v) is 12.1. The molecule has 12 heteroatoms. The molecule has 0 heterocycles. The second kappa shape index (κ2) is 43.1. The van der Waals surface area contributed by atoms with Crippen LogP contribution in [-0.2, 0) is 37.5 Å². The maximum atomic E-state index is 12.7. The highest BCUT2D eigenvalue weighted by Crippen LogP contribution is 2.43. The molecule has 4 N–H and O–H groups in total. The summed E-state index contributed by atoms with van der Waals surface area (Å²) in [7, 11) is -4.71. The number of hydrogen-bond acceptors (Lipinski definition) is 9. The van der Waals surface area contributed by atoms with Crippen LogP contribution in [0.15, 0.2) is 0 Å². The molecule has 0 aromatic carbocycles. The van der Waals surface area contributed by atoms with Crippen LogP contribution in [-0.4, -0.2) is 59.9 Å². The Bertz CT molecular complexity index is 1020. The summed E-state index contributed by atoms with van der Waals surface area (Å²) in [6.07, 6.45) is 43.1. The molecule has 0 bridgehead atoms. The molecule has 3 atom stereocenters. The molecule has 0 aliphatic carbocycles. The van der Waals surface area contributed by atoms with Gasteiger partial charge < -0.3 is 25.2 Å². The van der Waals surface area contributed by atoms with Crippen molar-refractivity contribution in [2.24, 2.45) is 5.73 Å². The molecule has 0 amide bonds. The fraction of sp³-hybridized carbons (Fsp3) is 0.936. The summed E-state index contributed by atoms with van der Waals surface area (Å²) >= 11 is 0. The largest absolute Gasteiger partial charge is 0.480 e. The van der Waals surface area contributed by atoms with Gasteiger partial charge in [0.2, 0.25) is 0 Å². The first-order chi connectivity index (χ1) is 28.6. The van der Waals surface area contributed by atoms with Crippen LogP contribution in [0, 0.1) is 0 Å². The van der Waals surface area contributed by atoms with E-state index in [-0.39, 0.29) is 19.4 Å². The summed E-state index contributed by atoms with van der Waals surface area (Å²) in [5.41, 5.74) is 5.35. The Kier molecular flexibility index (Phi) is 42.0. The van der Waals surface area contributed by atoms with E-state index >= 15 is 0 Å². The van der Waals surface area contributed by atoms with Crippen LogP contribution in [0.5, 0.6) is 0 Å². The van der Waals surface area contributed by atoms with E-state index in [1.807, 2.05) is 0 Å². The Labute approximate surface area is 361 Å². The minimum Gasteiger partial charge on any atom is -0.480 e. The molecule has 0 aliphatic rings. The van der Waals surface area contributed by atoms with Gasteiger partial charge in [0.25, 0.3) is 0 Å². The number of carbonyl (C=O) groups is 3. The predicted octanol–water partition coefficient (Wildman–Crippen LogP) is 13.5. The van der Waals surface area contributed by atoms with E-state index in [1.165, 1.54) is 173 Å². The van der Waals surface area contributed by atoms with E-state index in [2.05, 4.69) is 18.4 Å². The summed E-state index contributed by atoms with van der Waals surface area (Å²) in [6.45, 7) is 2.86. The highest BCUT2D eigenvalue weighted by Gasteiger charge is 2.28. The molecule has 0 saturated carbocycles. The number of esters is 2. The zero-order chi connectivity index (χ0) is 43.5. The molecule has 350 valence electrons. The van der Waals surface area contributed by atoms with E-state index in [0.29, 0.717) is 12.8 Å². The van der Waals surface area contributed by atoms with E-state index in [4.69, 9.17) is 24.8 Å². The molecular formula is C47H92NO10P. The van der Waals surface area contributed by atoms with Gasteiger partial charge in [-0.2, -0.15) is 0 Å². The van der Waals surface area contributed by atoms with E-state index < -0.39 is 51.1 Å². The van der Waals surface area contributed by atoms with E-state index in [0.717, 1.165) is 38.5 Å². The summed E-state index contributed by atoms with van der Waals surface area (Å²) in [6, 6.07) is -1.52. The van der Waals surface area contributed by atoms with Crippen LogP contribution >= 0.6 is 7.82 Å². The molecule has 59 heavy (non-hydrogen) atoms. The quantitative estimate of drug-likeness (QED) is 0.0302. The lowest BCUT2D eigenvalue weighted by atomic mass is 10.0. The number of aliphatic carboxylic acids is 1. The van der Waals surface area contributed by atoms with Crippen LogP contribution < -0.4 is 5.73 Å². The number of carboxylic acid groups (broad SMARTS) is 1. The van der Waals surface area contributed by atoms with Crippen molar-refractivity contribution in [1.82, 2.24) is 0 Å². The summed E-state index contributed by atoms with van der Waals surface area (Å²) in [5.74, 6) is -2.35. The van der Waals surface area contributed by atoms with E-state index in [1.54, 1.807) is 0 Å². The van der Waals surface area contributed by atoms with Crippen molar-refractivity contribution in [3.05, 3.63) is 0 Å². The fourth-order valence-corrected chi connectivity index (χ4v) is 8.02. The van der Waals surface area contributed by atoms with Gasteiger partial charge in [0, 0.05) is 12.8 Å². The Balaban J connectivity index is 4.20. The molecule has 0 spiro atoms. The SMILES string of the molecule is CCCCCCCCCCCCCCCCCCCCCCCC(=O)OC(COC(=O)CCCCCCCCCCCCCCCC)COP(=O)(O)OCC(N)C(=O)O. The lowest BCUT2D eigenvalue weighted by Gasteiger charge is -2.20. The molecule has 0 fully saturated rings. The van der Waals surface area contributed by atoms with Gasteiger partial charge >= 0.3 is 25.7 Å². The van der Waals surface area contributed by atoms with Crippen molar-refractivity contribution >= 4 is 25.7 Å². The first-order valence-corrected chi connectivity index (χ1v) is 26.1. The standard InChI is InChI=1S/C47H92NO10P/c1-3-5-7-9-11-13-15-17-19-20-21-22-23-24-25-27-29-31-33-35-37-39-46(50)58-43(41-56-59(53,54)57-42-44(48)47(51)52)40-55-45(49)38-36-34-32-30-28-26-18-16-14-12-10-8-6-4-2/h43-44H,3-42,48H2,1-2H3,(H,51,52)(H,53,54).